The molecule has 0 spiro atoms. The number of guanidine groups is 1. The number of carbonyl (C=O) groups is 17. The first kappa shape index (κ1) is 107. The van der Waals surface area contributed by atoms with Crippen molar-refractivity contribution in [1.82, 2.24) is 97.9 Å². The highest BCUT2D eigenvalue weighted by molar-refractivity contribution is 8.00. The molecular weight excluding hydrogens is 1820 g/mol. The second-order valence-electron chi connectivity index (χ2n) is 34.5. The standard InChI is InChI=1S/C90H125N23O20S3/c1-9-10-21-70-89(133)110(6)68(28-31-134-8)82(126)101-59(20-15-29-96-90(93)94)78(122)108-67(77(121)98-41-74(92)118)45-135-46-75(119)100-63(33-50-24-26-54(115)27-25-50)85(129)109(5)49(4)76(120)104-65(38-73(91)117)87(131)112-30-16-22-69(112)83(127)103-61(36-53-40-95-47-99-53)80(124)105-62(32-48(2)3)88(132)113-42-55(116)37-71(113)84(128)102-60(34-51-39-97-58-19-13-11-17-56(51)58)79(123)107-66(43-114)81(125)106-64(86(130)111(70)7)35-52-44-136-72-23-14-12-18-57(52)72/h11-14,17-19,23-27,39-40,44,47-49,55,59-71,97,114-116H,9-10,15-16,20-22,28-38,41-43,45-46H2,1-8H3,(H2,91,117)(H2,92,118)(H,95,99)(H,98,121)(H,100,119)(H,101,126)(H,102,128)(H,103,127)(H,104,120)(H,105,124)(H,106,125)(H,107,123)(H,108,122)(H4,93,94,96)/t49-,55+,59-,60-,61-,62-,63-,64-,65-,66-,67?,68-,69-,70-,71-/m0/s1. The molecule has 15 atom stereocenters. The van der Waals surface area contributed by atoms with Crippen molar-refractivity contribution in [3.05, 3.63) is 119 Å². The average molecular weight is 1950 g/mol. The van der Waals surface area contributed by atoms with E-state index in [9.17, 15) is 58.5 Å². The van der Waals surface area contributed by atoms with E-state index in [0.717, 1.165) is 41.0 Å². The molecule has 23 N–H and O–H groups in total. The molecule has 0 aliphatic carbocycles. The number of imidazole rings is 1. The topological polar surface area (TPSA) is 646 Å². The van der Waals surface area contributed by atoms with E-state index in [1.165, 1.54) is 88.0 Å². The van der Waals surface area contributed by atoms with Crippen molar-refractivity contribution in [3.8, 4) is 5.75 Å². The number of thiophene rings is 1. The Hall–Kier alpha value is -13.0. The number of hydrogen-bond acceptors (Lipinski definition) is 25. The predicted molar refractivity (Wildman–Crippen MR) is 507 cm³/mol. The highest BCUT2D eigenvalue weighted by Crippen LogP contribution is 2.30. The van der Waals surface area contributed by atoms with E-state index in [2.05, 4.69) is 73.4 Å². The van der Waals surface area contributed by atoms with Crippen LogP contribution >= 0.6 is 34.9 Å². The number of fused-ring (bicyclic) bond motifs is 4. The van der Waals surface area contributed by atoms with Gasteiger partial charge in [-0.05, 0) is 122 Å². The third kappa shape index (κ3) is 29.8. The van der Waals surface area contributed by atoms with E-state index in [-0.39, 0.29) is 101 Å². The number of primary amides is 2. The zero-order chi connectivity index (χ0) is 99.3. The van der Waals surface area contributed by atoms with Gasteiger partial charge in [0.15, 0.2) is 5.96 Å². The molecule has 3 aliphatic rings. The summed E-state index contributed by atoms with van der Waals surface area (Å²) in [5.74, 6) is -17.8. The van der Waals surface area contributed by atoms with Crippen LogP contribution in [0.2, 0.25) is 0 Å². The lowest BCUT2D eigenvalue weighted by Gasteiger charge is -2.36. The number of rotatable bonds is 26. The van der Waals surface area contributed by atoms with Gasteiger partial charge in [0.2, 0.25) is 100 Å². The maximum atomic E-state index is 15.8. The van der Waals surface area contributed by atoms with Gasteiger partial charge >= 0.3 is 0 Å². The van der Waals surface area contributed by atoms with E-state index in [0.29, 0.717) is 51.5 Å². The number of phenols is 1. The molecule has 9 rings (SSSR count). The van der Waals surface area contributed by atoms with Crippen molar-refractivity contribution in [2.75, 3.05) is 77.4 Å². The number of nitrogens with two attached hydrogens (primary N) is 3. The van der Waals surface area contributed by atoms with Gasteiger partial charge in [-0.2, -0.15) is 11.8 Å². The van der Waals surface area contributed by atoms with E-state index >= 15 is 38.4 Å². The molecule has 43 nitrogen and oxygen atoms in total. The van der Waals surface area contributed by atoms with Gasteiger partial charge in [-0.3, -0.25) is 86.9 Å². The molecule has 46 heteroatoms. The van der Waals surface area contributed by atoms with E-state index < -0.39 is 241 Å². The van der Waals surface area contributed by atoms with Crippen LogP contribution in [-0.2, 0) is 107 Å². The molecule has 0 radical (unpaired) electrons. The molecule has 3 aromatic carbocycles. The number of nitrogens with one attached hydrogen (secondary N) is 14. The van der Waals surface area contributed by atoms with Crippen molar-refractivity contribution in [2.24, 2.45) is 23.1 Å². The number of aromatic nitrogens is 3. The number of amides is 17. The summed E-state index contributed by atoms with van der Waals surface area (Å²) in [4.78, 5) is 266. The van der Waals surface area contributed by atoms with Crippen molar-refractivity contribution < 1.29 is 96.8 Å². The lowest BCUT2D eigenvalue weighted by Crippen LogP contribution is -2.62. The van der Waals surface area contributed by atoms with Crippen molar-refractivity contribution in [2.45, 2.75) is 215 Å². The number of hydrogen-bond donors (Lipinski definition) is 20. The fourth-order valence-electron chi connectivity index (χ4n) is 16.5. The monoisotopic (exact) mass is 1940 g/mol. The molecule has 0 bridgehead atoms. The normalized spacial score (nSPS) is 24.7. The predicted octanol–water partition coefficient (Wildman–Crippen LogP) is -2.63. The molecule has 136 heavy (non-hydrogen) atoms. The van der Waals surface area contributed by atoms with Crippen LogP contribution in [0.4, 0.5) is 0 Å². The minimum atomic E-state index is -1.89. The zero-order valence-electron chi connectivity index (χ0n) is 77.2. The smallest absolute Gasteiger partial charge is 0.246 e. The van der Waals surface area contributed by atoms with Crippen LogP contribution in [0.25, 0.3) is 21.0 Å². The van der Waals surface area contributed by atoms with Crippen LogP contribution in [-0.4, -0.2) is 329 Å². The van der Waals surface area contributed by atoms with Crippen molar-refractivity contribution in [1.29, 1.82) is 5.41 Å². The second-order valence-corrected chi connectivity index (χ2v) is 37.4. The number of H-pyrrole nitrogens is 2. The van der Waals surface area contributed by atoms with Crippen molar-refractivity contribution in [3.63, 3.8) is 0 Å². The number of thioether (sulfide) groups is 2. The third-order valence-electron chi connectivity index (χ3n) is 24.0. The first-order valence-corrected chi connectivity index (χ1v) is 48.4. The summed E-state index contributed by atoms with van der Waals surface area (Å²) in [6.07, 6.45) is 2.98. The first-order valence-electron chi connectivity index (χ1n) is 45.0. The summed E-state index contributed by atoms with van der Waals surface area (Å²) < 4.78 is 0.809. The summed E-state index contributed by atoms with van der Waals surface area (Å²) in [6.45, 7) is 4.18. The number of aromatic amines is 2. The number of phenolic OH excluding ortho intramolecular Hbond substituents is 1. The van der Waals surface area contributed by atoms with Gasteiger partial charge in [0, 0.05) is 112 Å². The molecule has 1 unspecified atom stereocenters. The Balaban J connectivity index is 1.10. The van der Waals surface area contributed by atoms with E-state index in [4.69, 9.17) is 22.6 Å². The lowest BCUT2D eigenvalue weighted by atomic mass is 10.00. The Morgan fingerprint density at radius 3 is 1.87 bits per heavy atom. The number of aliphatic hydroxyl groups is 2. The number of benzene rings is 3. The summed E-state index contributed by atoms with van der Waals surface area (Å²) >= 11 is 3.42. The quantitative estimate of drug-likeness (QED) is 0.0150. The molecule has 0 saturated carbocycles. The maximum absolute atomic E-state index is 15.8. The summed E-state index contributed by atoms with van der Waals surface area (Å²) in [5.41, 5.74) is 19.2. The second kappa shape index (κ2) is 51.1. The summed E-state index contributed by atoms with van der Waals surface area (Å²) in [6, 6.07) is -2.08. The van der Waals surface area contributed by atoms with Crippen LogP contribution in [0.1, 0.15) is 121 Å². The Bertz CT molecular complexity index is 5250. The van der Waals surface area contributed by atoms with Crippen LogP contribution in [0, 0.1) is 11.3 Å². The molecule has 6 aromatic rings. The lowest BCUT2D eigenvalue weighted by molar-refractivity contribution is -0.149. The van der Waals surface area contributed by atoms with Gasteiger partial charge in [-0.25, -0.2) is 4.98 Å². The molecule has 738 valence electrons. The highest BCUT2D eigenvalue weighted by atomic mass is 32.2. The van der Waals surface area contributed by atoms with Crippen LogP contribution in [0.15, 0.2) is 96.9 Å². The number of unbranched alkanes of at least 4 members (excludes halogenated alkanes) is 1. The van der Waals surface area contributed by atoms with Gasteiger partial charge in [0.05, 0.1) is 37.8 Å². The van der Waals surface area contributed by atoms with Gasteiger partial charge in [0.1, 0.15) is 90.3 Å². The molecule has 17 amide bonds. The minimum Gasteiger partial charge on any atom is -0.508 e. The average Bonchev–Trinajstić information content (AvgIpc) is 1.53. The van der Waals surface area contributed by atoms with Crippen LogP contribution in [0.5, 0.6) is 5.75 Å². The third-order valence-corrected chi connectivity index (χ3v) is 26.7. The summed E-state index contributed by atoms with van der Waals surface area (Å²) in [5, 5.41) is 73.0. The molecule has 6 heterocycles. The Kier molecular flexibility index (Phi) is 40.1. The van der Waals surface area contributed by atoms with Gasteiger partial charge in [-0.15, -0.1) is 23.1 Å². The van der Waals surface area contributed by atoms with Gasteiger partial charge in [0.25, 0.3) is 0 Å². The maximum Gasteiger partial charge on any atom is 0.246 e. The van der Waals surface area contributed by atoms with Crippen LogP contribution < -0.4 is 75.7 Å². The number of carbonyl (C=O) groups excluding carboxylic acids is 17. The SMILES string of the molecule is CCCC[C@H]1C(=O)N(C)[C@@H](CCSC)C(=O)N[C@@H](CCCNC(=N)N)C(=O)NC(C(=O)NCC(N)=O)CSCC(=O)N[C@@H](Cc2ccc(O)cc2)C(=O)N(C)[C@@H](C)C(=O)N[C@@H](CC(N)=O)C(=O)N2CCC[C@H]2C(=O)N[C@@H](Cc2cnc[nH]2)C(=O)N[C@@H](CC(C)C)C(=O)N2C[C@H](O)C[C@H]2C(=O)N[C@@H](Cc2c[nH]c3ccccc23)C(=O)N[C@@H](CO)C(=O)N[C@@H](Cc2csc3ccccc23)C(=O)N1C. The largest absolute Gasteiger partial charge is 0.508 e. The number of nitrogens with zero attached hydrogens (tertiary/aromatic N) is 6. The molecule has 3 fully saturated rings. The Labute approximate surface area is 798 Å². The van der Waals surface area contributed by atoms with Gasteiger partial charge < -0.3 is 125 Å². The number of para-hydroxylation sites is 1. The molecule has 3 saturated heterocycles. The van der Waals surface area contributed by atoms with E-state index in [1.54, 1.807) is 62.0 Å². The molecular formula is C90H125N23O20S3. The molecule has 3 aromatic heterocycles. The fraction of sp³-hybridized carbons (Fsp3) is 0.522. The van der Waals surface area contributed by atoms with E-state index in [1.807, 2.05) is 25.1 Å². The van der Waals surface area contributed by atoms with Gasteiger partial charge in [-0.1, -0.05) is 82.1 Å². The van der Waals surface area contributed by atoms with Crippen LogP contribution in [0.3, 0.4) is 0 Å². The fourth-order valence-corrected chi connectivity index (χ4v) is 18.8. The van der Waals surface area contributed by atoms with Crippen molar-refractivity contribution >= 4 is 162 Å². The Morgan fingerprint density at radius 1 is 0.603 bits per heavy atom. The first-order chi connectivity index (χ1) is 64.8. The minimum absolute atomic E-state index is 0.0101. The Morgan fingerprint density at radius 2 is 1.21 bits per heavy atom. The molecule has 3 aliphatic heterocycles. The zero-order valence-corrected chi connectivity index (χ0v) is 79.6. The summed E-state index contributed by atoms with van der Waals surface area (Å²) in [7, 11) is 3.90. The number of aliphatic hydroxyl groups excluding tert-OH is 2. The highest BCUT2D eigenvalue weighted by Gasteiger charge is 2.47. The number of likely N-dealkylation sites (N-methyl/N-ethyl adjacent to an activating group) is 3. The number of aromatic hydroxyl groups is 1.